The topological polar surface area (TPSA) is 87.9 Å². The molecular formula is C20H24N4O4. The molecule has 0 aromatic heterocycles. The highest BCUT2D eigenvalue weighted by Gasteiger charge is 2.26. The molecule has 0 saturated carbocycles. The fourth-order valence-electron chi connectivity index (χ4n) is 3.32. The molecule has 1 fully saturated rings. The second-order valence-corrected chi connectivity index (χ2v) is 6.67. The van der Waals surface area contributed by atoms with E-state index in [0.29, 0.717) is 11.4 Å². The molecule has 28 heavy (non-hydrogen) atoms. The molecule has 1 aliphatic heterocycles. The van der Waals surface area contributed by atoms with E-state index in [0.717, 1.165) is 26.2 Å². The fraction of sp³-hybridized carbons (Fsp3) is 0.350. The number of carbonyl (C=O) groups is 1. The number of anilines is 2. The van der Waals surface area contributed by atoms with Crippen LogP contribution in [0.2, 0.25) is 0 Å². The van der Waals surface area contributed by atoms with Gasteiger partial charge in [0.05, 0.1) is 23.8 Å². The average Bonchev–Trinajstić information content (AvgIpc) is 2.73. The summed E-state index contributed by atoms with van der Waals surface area (Å²) in [4.78, 5) is 27.6. The molecular weight excluding hydrogens is 360 g/mol. The lowest BCUT2D eigenvalue weighted by atomic mass is 10.2. The number of carbonyl (C=O) groups excluding carboxylic acids is 1. The number of non-ortho nitro benzene ring substituents is 1. The van der Waals surface area contributed by atoms with Crippen LogP contribution in [0.15, 0.2) is 48.5 Å². The molecule has 2 aromatic rings. The smallest absolute Gasteiger partial charge is 0.271 e. The van der Waals surface area contributed by atoms with Crippen LogP contribution in [0.4, 0.5) is 17.1 Å². The lowest BCUT2D eigenvalue weighted by Gasteiger charge is -2.38. The van der Waals surface area contributed by atoms with Crippen LogP contribution < -0.4 is 15.0 Å². The van der Waals surface area contributed by atoms with Gasteiger partial charge in [0.15, 0.2) is 0 Å². The van der Waals surface area contributed by atoms with Crippen LogP contribution in [0.25, 0.3) is 0 Å². The Hall–Kier alpha value is -3.13. The van der Waals surface area contributed by atoms with Gasteiger partial charge in [-0.05, 0) is 25.1 Å². The monoisotopic (exact) mass is 384 g/mol. The molecule has 8 nitrogen and oxygen atoms in total. The van der Waals surface area contributed by atoms with Crippen molar-refractivity contribution >= 4 is 23.0 Å². The van der Waals surface area contributed by atoms with Crippen molar-refractivity contribution in [3.05, 3.63) is 58.6 Å². The highest BCUT2D eigenvalue weighted by atomic mass is 16.6. The molecule has 0 bridgehead atoms. The number of piperazine rings is 1. The SMILES string of the molecule is COc1ccc([N+](=O)[O-])cc1NC(=O)C(C)N1CCN(c2ccccc2)CC1. The maximum Gasteiger partial charge on any atom is 0.271 e. The quantitative estimate of drug-likeness (QED) is 0.609. The van der Waals surface area contributed by atoms with Crippen molar-refractivity contribution in [3.63, 3.8) is 0 Å². The third-order valence-electron chi connectivity index (χ3n) is 5.01. The van der Waals surface area contributed by atoms with Crippen molar-refractivity contribution in [1.82, 2.24) is 4.90 Å². The Morgan fingerprint density at radius 3 is 2.43 bits per heavy atom. The first-order chi connectivity index (χ1) is 13.5. The molecule has 3 rings (SSSR count). The maximum atomic E-state index is 12.7. The fourth-order valence-corrected chi connectivity index (χ4v) is 3.32. The first kappa shape index (κ1) is 19.6. The molecule has 2 aromatic carbocycles. The van der Waals surface area contributed by atoms with Crippen molar-refractivity contribution in [2.75, 3.05) is 43.5 Å². The second-order valence-electron chi connectivity index (χ2n) is 6.67. The number of nitrogens with one attached hydrogen (secondary N) is 1. The number of benzene rings is 2. The van der Waals surface area contributed by atoms with Crippen molar-refractivity contribution in [1.29, 1.82) is 0 Å². The number of hydrogen-bond acceptors (Lipinski definition) is 6. The zero-order chi connectivity index (χ0) is 20.1. The average molecular weight is 384 g/mol. The van der Waals surface area contributed by atoms with Crippen molar-refractivity contribution in [2.45, 2.75) is 13.0 Å². The van der Waals surface area contributed by atoms with E-state index in [2.05, 4.69) is 27.2 Å². The Morgan fingerprint density at radius 1 is 1.14 bits per heavy atom. The number of rotatable bonds is 6. The molecule has 1 heterocycles. The Kier molecular flexibility index (Phi) is 6.10. The number of nitro benzene ring substituents is 1. The summed E-state index contributed by atoms with van der Waals surface area (Å²) >= 11 is 0. The van der Waals surface area contributed by atoms with Crippen LogP contribution in [-0.2, 0) is 4.79 Å². The predicted molar refractivity (Wildman–Crippen MR) is 108 cm³/mol. The summed E-state index contributed by atoms with van der Waals surface area (Å²) in [6.07, 6.45) is 0. The molecule has 1 amide bonds. The summed E-state index contributed by atoms with van der Waals surface area (Å²) in [6.45, 7) is 5.03. The summed E-state index contributed by atoms with van der Waals surface area (Å²) in [6, 6.07) is 14.0. The molecule has 1 aliphatic rings. The van der Waals surface area contributed by atoms with Gasteiger partial charge in [0.1, 0.15) is 5.75 Å². The van der Waals surface area contributed by atoms with Gasteiger partial charge in [-0.3, -0.25) is 19.8 Å². The van der Waals surface area contributed by atoms with E-state index in [4.69, 9.17) is 4.74 Å². The highest BCUT2D eigenvalue weighted by Crippen LogP contribution is 2.29. The number of nitrogens with zero attached hydrogens (tertiary/aromatic N) is 3. The maximum absolute atomic E-state index is 12.7. The van der Waals surface area contributed by atoms with Gasteiger partial charge in [-0.2, -0.15) is 0 Å². The van der Waals surface area contributed by atoms with Crippen LogP contribution in [0, 0.1) is 10.1 Å². The largest absolute Gasteiger partial charge is 0.495 e. The van der Waals surface area contributed by atoms with Crippen LogP contribution >= 0.6 is 0 Å². The summed E-state index contributed by atoms with van der Waals surface area (Å²) in [7, 11) is 1.46. The van der Waals surface area contributed by atoms with Gasteiger partial charge in [0.2, 0.25) is 5.91 Å². The summed E-state index contributed by atoms with van der Waals surface area (Å²) in [5, 5.41) is 13.8. The first-order valence-corrected chi connectivity index (χ1v) is 9.17. The Labute approximate surface area is 163 Å². The molecule has 0 spiro atoms. The molecule has 1 unspecified atom stereocenters. The van der Waals surface area contributed by atoms with E-state index in [1.54, 1.807) is 0 Å². The molecule has 0 radical (unpaired) electrons. The number of para-hydroxylation sites is 1. The number of nitro groups is 1. The Morgan fingerprint density at radius 2 is 1.82 bits per heavy atom. The zero-order valence-corrected chi connectivity index (χ0v) is 16.0. The molecule has 1 atom stereocenters. The van der Waals surface area contributed by atoms with E-state index >= 15 is 0 Å². The Bertz CT molecular complexity index is 835. The van der Waals surface area contributed by atoms with Crippen molar-refractivity contribution < 1.29 is 14.5 Å². The lowest BCUT2D eigenvalue weighted by Crippen LogP contribution is -2.52. The van der Waals surface area contributed by atoms with Gasteiger partial charge >= 0.3 is 0 Å². The standard InChI is InChI=1S/C20H24N4O4/c1-15(22-10-12-23(13-11-22)16-6-4-3-5-7-16)20(25)21-18-14-17(24(26)27)8-9-19(18)28-2/h3-9,14-15H,10-13H2,1-2H3,(H,21,25). The number of hydrogen-bond donors (Lipinski definition) is 1. The van der Waals surface area contributed by atoms with Gasteiger partial charge in [0, 0.05) is 44.0 Å². The summed E-state index contributed by atoms with van der Waals surface area (Å²) in [5.74, 6) is 0.173. The minimum Gasteiger partial charge on any atom is -0.495 e. The van der Waals surface area contributed by atoms with Crippen molar-refractivity contribution in [3.8, 4) is 5.75 Å². The minimum atomic E-state index is -0.499. The number of amides is 1. The molecule has 8 heteroatoms. The second kappa shape index (κ2) is 8.71. The molecule has 0 aliphatic carbocycles. The summed E-state index contributed by atoms with van der Waals surface area (Å²) < 4.78 is 5.21. The van der Waals surface area contributed by atoms with Crippen molar-refractivity contribution in [2.24, 2.45) is 0 Å². The minimum absolute atomic E-state index is 0.0970. The highest BCUT2D eigenvalue weighted by molar-refractivity contribution is 5.96. The lowest BCUT2D eigenvalue weighted by molar-refractivity contribution is -0.384. The predicted octanol–water partition coefficient (Wildman–Crippen LogP) is 2.75. The van der Waals surface area contributed by atoms with E-state index in [9.17, 15) is 14.9 Å². The van der Waals surface area contributed by atoms with Crippen LogP contribution in [0.3, 0.4) is 0 Å². The molecule has 1 saturated heterocycles. The van der Waals surface area contributed by atoms with Gasteiger partial charge < -0.3 is 15.0 Å². The Balaban J connectivity index is 1.62. The van der Waals surface area contributed by atoms with Gasteiger partial charge in [-0.15, -0.1) is 0 Å². The molecule has 148 valence electrons. The molecule has 1 N–H and O–H groups in total. The first-order valence-electron chi connectivity index (χ1n) is 9.17. The van der Waals surface area contributed by atoms with Gasteiger partial charge in [-0.1, -0.05) is 18.2 Å². The third kappa shape index (κ3) is 4.40. The van der Waals surface area contributed by atoms with E-state index in [1.807, 2.05) is 25.1 Å². The van der Waals surface area contributed by atoms with Gasteiger partial charge in [-0.25, -0.2) is 0 Å². The summed E-state index contributed by atoms with van der Waals surface area (Å²) in [5.41, 5.74) is 1.39. The van der Waals surface area contributed by atoms with Crippen LogP contribution in [-0.4, -0.2) is 55.1 Å². The normalized spacial score (nSPS) is 15.7. The van der Waals surface area contributed by atoms with E-state index < -0.39 is 4.92 Å². The number of ether oxygens (including phenoxy) is 1. The van der Waals surface area contributed by atoms with Crippen LogP contribution in [0.1, 0.15) is 6.92 Å². The third-order valence-corrected chi connectivity index (χ3v) is 5.01. The van der Waals surface area contributed by atoms with E-state index in [1.165, 1.54) is 31.0 Å². The van der Waals surface area contributed by atoms with E-state index in [-0.39, 0.29) is 17.6 Å². The number of methoxy groups -OCH3 is 1. The van der Waals surface area contributed by atoms with Gasteiger partial charge in [0.25, 0.3) is 5.69 Å². The zero-order valence-electron chi connectivity index (χ0n) is 16.0. The van der Waals surface area contributed by atoms with Crippen LogP contribution in [0.5, 0.6) is 5.75 Å².